The molecule has 4 heterocycles. The molecule has 3 aliphatic rings. The van der Waals surface area contributed by atoms with Crippen molar-refractivity contribution in [2.45, 2.75) is 32.4 Å². The van der Waals surface area contributed by atoms with Gasteiger partial charge < -0.3 is 29.0 Å². The molecule has 6 rings (SSSR count). The zero-order valence-corrected chi connectivity index (χ0v) is 19.8. The van der Waals surface area contributed by atoms with Crippen LogP contribution in [-0.2, 0) is 30.7 Å². The number of fused-ring (bicyclic) bond motifs is 2. The number of aromatic nitrogens is 1. The second kappa shape index (κ2) is 8.46. The van der Waals surface area contributed by atoms with Crippen LogP contribution >= 0.6 is 0 Å². The van der Waals surface area contributed by atoms with Crippen LogP contribution in [0.1, 0.15) is 28.7 Å². The standard InChI is InChI=1S/C27H27N3O5/c1-29-12-10-19-20(14-29)24(33-2)26-25(34-15-35-26)22(19)28-21(31)9-8-18-13-17-6-3-5-16-7-4-11-30(23(16)17)27(18)32/h3,5-6,8-9,13H,4,7,10-12,14-15H2,1-2H3,(H,28,31)/b9-8+. The van der Waals surface area contributed by atoms with E-state index in [1.54, 1.807) is 13.2 Å². The van der Waals surface area contributed by atoms with Crippen molar-refractivity contribution in [3.63, 3.8) is 0 Å². The molecule has 0 spiro atoms. The van der Waals surface area contributed by atoms with Gasteiger partial charge in [-0.25, -0.2) is 0 Å². The Kier molecular flexibility index (Phi) is 5.25. The van der Waals surface area contributed by atoms with E-state index in [2.05, 4.69) is 16.3 Å². The highest BCUT2D eigenvalue weighted by Gasteiger charge is 2.33. The summed E-state index contributed by atoms with van der Waals surface area (Å²) < 4.78 is 18.9. The van der Waals surface area contributed by atoms with Crippen molar-refractivity contribution in [2.75, 3.05) is 32.8 Å². The van der Waals surface area contributed by atoms with Crippen LogP contribution < -0.4 is 25.1 Å². The molecule has 3 aromatic rings. The number of amides is 1. The molecule has 0 saturated carbocycles. The van der Waals surface area contributed by atoms with Gasteiger partial charge in [0.1, 0.15) is 0 Å². The molecule has 0 saturated heterocycles. The lowest BCUT2D eigenvalue weighted by Crippen LogP contribution is -2.28. The van der Waals surface area contributed by atoms with Crippen molar-refractivity contribution in [2.24, 2.45) is 0 Å². The van der Waals surface area contributed by atoms with Gasteiger partial charge in [-0.15, -0.1) is 0 Å². The molecule has 180 valence electrons. The van der Waals surface area contributed by atoms with E-state index >= 15 is 0 Å². The number of ether oxygens (including phenoxy) is 3. The number of likely N-dealkylation sites (N-methyl/N-ethyl adjacent to an activating group) is 1. The number of aryl methyl sites for hydroxylation is 2. The van der Waals surface area contributed by atoms with E-state index in [1.165, 1.54) is 11.6 Å². The van der Waals surface area contributed by atoms with Gasteiger partial charge >= 0.3 is 0 Å². The number of nitrogens with zero attached hydrogens (tertiary/aromatic N) is 2. The van der Waals surface area contributed by atoms with Gasteiger partial charge in [-0.1, -0.05) is 18.2 Å². The Bertz CT molecular complexity index is 1460. The van der Waals surface area contributed by atoms with Gasteiger partial charge in [0.05, 0.1) is 18.3 Å². The van der Waals surface area contributed by atoms with Gasteiger partial charge in [-0.3, -0.25) is 9.59 Å². The number of anilines is 1. The highest BCUT2D eigenvalue weighted by atomic mass is 16.7. The molecule has 1 N–H and O–H groups in total. The summed E-state index contributed by atoms with van der Waals surface area (Å²) in [6.07, 6.45) is 5.67. The first-order valence-electron chi connectivity index (χ1n) is 11.9. The van der Waals surface area contributed by atoms with Crippen LogP contribution in [-0.4, -0.2) is 42.9 Å². The van der Waals surface area contributed by atoms with Crippen molar-refractivity contribution in [1.29, 1.82) is 0 Å². The summed E-state index contributed by atoms with van der Waals surface area (Å²) in [6.45, 7) is 2.30. The highest BCUT2D eigenvalue weighted by Crippen LogP contribution is 2.52. The molecule has 1 amide bonds. The minimum Gasteiger partial charge on any atom is -0.492 e. The topological polar surface area (TPSA) is 82.0 Å². The third-order valence-corrected chi connectivity index (χ3v) is 7.08. The summed E-state index contributed by atoms with van der Waals surface area (Å²) in [5.41, 5.74) is 5.23. The fraction of sp³-hybridized carbons (Fsp3) is 0.333. The van der Waals surface area contributed by atoms with Crippen LogP contribution in [0.2, 0.25) is 0 Å². The fourth-order valence-corrected chi connectivity index (χ4v) is 5.47. The van der Waals surface area contributed by atoms with Crippen LogP contribution in [0.15, 0.2) is 35.1 Å². The number of carbonyl (C=O) groups is 1. The predicted octanol–water partition coefficient (Wildman–Crippen LogP) is 3.32. The van der Waals surface area contributed by atoms with E-state index in [4.69, 9.17) is 14.2 Å². The number of para-hydroxylation sites is 1. The summed E-state index contributed by atoms with van der Waals surface area (Å²) >= 11 is 0. The van der Waals surface area contributed by atoms with Crippen molar-refractivity contribution in [3.8, 4) is 17.2 Å². The Morgan fingerprint density at radius 3 is 2.86 bits per heavy atom. The normalized spacial score (nSPS) is 16.5. The average Bonchev–Trinajstić information content (AvgIpc) is 3.35. The van der Waals surface area contributed by atoms with Crippen molar-refractivity contribution in [1.82, 2.24) is 9.47 Å². The zero-order chi connectivity index (χ0) is 24.1. The Hall–Kier alpha value is -3.78. The summed E-state index contributed by atoms with van der Waals surface area (Å²) in [5.74, 6) is 1.34. The number of benzene rings is 2. The zero-order valence-electron chi connectivity index (χ0n) is 19.8. The molecule has 0 radical (unpaired) electrons. The summed E-state index contributed by atoms with van der Waals surface area (Å²) in [5, 5.41) is 4.01. The van der Waals surface area contributed by atoms with E-state index in [0.29, 0.717) is 41.6 Å². The summed E-state index contributed by atoms with van der Waals surface area (Å²) in [7, 11) is 3.66. The second-order valence-electron chi connectivity index (χ2n) is 9.26. The second-order valence-corrected chi connectivity index (χ2v) is 9.26. The van der Waals surface area contributed by atoms with Crippen LogP contribution in [0.5, 0.6) is 17.2 Å². The SMILES string of the molecule is COc1c2c(c(NC(=O)/C=C/c3cc4cccc5c4n(c3=O)CCC5)c3c1OCO3)CCN(C)C2. The molecular formula is C27H27N3O5. The van der Waals surface area contributed by atoms with Gasteiger partial charge in [0.25, 0.3) is 5.56 Å². The Labute approximate surface area is 202 Å². The first-order chi connectivity index (χ1) is 17.0. The lowest BCUT2D eigenvalue weighted by molar-refractivity contribution is -0.111. The molecule has 0 unspecified atom stereocenters. The highest BCUT2D eigenvalue weighted by molar-refractivity contribution is 6.04. The van der Waals surface area contributed by atoms with Crippen molar-refractivity contribution < 1.29 is 19.0 Å². The van der Waals surface area contributed by atoms with Gasteiger partial charge in [0, 0.05) is 36.8 Å². The van der Waals surface area contributed by atoms with E-state index in [1.807, 2.05) is 29.8 Å². The van der Waals surface area contributed by atoms with Crippen LogP contribution in [0.4, 0.5) is 5.69 Å². The molecule has 8 nitrogen and oxygen atoms in total. The minimum atomic E-state index is -0.333. The first kappa shape index (κ1) is 21.7. The number of rotatable bonds is 4. The number of carbonyl (C=O) groups excluding carboxylic acids is 1. The molecule has 3 aliphatic heterocycles. The number of nitrogens with one attached hydrogen (secondary N) is 1. The van der Waals surface area contributed by atoms with Crippen molar-refractivity contribution in [3.05, 3.63) is 62.9 Å². The lowest BCUT2D eigenvalue weighted by Gasteiger charge is -2.29. The quantitative estimate of drug-likeness (QED) is 0.586. The molecule has 2 aromatic carbocycles. The maximum Gasteiger partial charge on any atom is 0.258 e. The summed E-state index contributed by atoms with van der Waals surface area (Å²) in [4.78, 5) is 28.4. The molecular weight excluding hydrogens is 446 g/mol. The molecule has 35 heavy (non-hydrogen) atoms. The third kappa shape index (κ3) is 3.56. The van der Waals surface area contributed by atoms with E-state index < -0.39 is 0 Å². The van der Waals surface area contributed by atoms with Crippen LogP contribution in [0.25, 0.3) is 17.0 Å². The van der Waals surface area contributed by atoms with Gasteiger partial charge in [-0.2, -0.15) is 0 Å². The number of hydrogen-bond acceptors (Lipinski definition) is 6. The minimum absolute atomic E-state index is 0.0712. The predicted molar refractivity (Wildman–Crippen MR) is 133 cm³/mol. The summed E-state index contributed by atoms with van der Waals surface area (Å²) in [6, 6.07) is 7.98. The molecule has 0 fully saturated rings. The van der Waals surface area contributed by atoms with Crippen LogP contribution in [0.3, 0.4) is 0 Å². The number of pyridine rings is 1. The largest absolute Gasteiger partial charge is 0.492 e. The maximum atomic E-state index is 13.1. The fourth-order valence-electron chi connectivity index (χ4n) is 5.47. The van der Waals surface area contributed by atoms with Crippen LogP contribution in [0, 0.1) is 0 Å². The number of hydrogen-bond donors (Lipinski definition) is 1. The van der Waals surface area contributed by atoms with Crippen molar-refractivity contribution >= 4 is 28.6 Å². The van der Waals surface area contributed by atoms with E-state index in [9.17, 15) is 9.59 Å². The van der Waals surface area contributed by atoms with E-state index in [0.717, 1.165) is 47.8 Å². The first-order valence-corrected chi connectivity index (χ1v) is 11.9. The molecule has 0 atom stereocenters. The monoisotopic (exact) mass is 473 g/mol. The van der Waals surface area contributed by atoms with Gasteiger partial charge in [0.2, 0.25) is 18.4 Å². The molecule has 1 aromatic heterocycles. The molecule has 0 bridgehead atoms. The Morgan fingerprint density at radius 1 is 1.14 bits per heavy atom. The average molecular weight is 474 g/mol. The lowest BCUT2D eigenvalue weighted by atomic mass is 9.95. The smallest absolute Gasteiger partial charge is 0.258 e. The number of methoxy groups -OCH3 is 1. The maximum absolute atomic E-state index is 13.1. The molecule has 0 aliphatic carbocycles. The third-order valence-electron chi connectivity index (χ3n) is 7.08. The Morgan fingerprint density at radius 2 is 2.00 bits per heavy atom. The van der Waals surface area contributed by atoms with E-state index in [-0.39, 0.29) is 18.3 Å². The Balaban J connectivity index is 1.35. The van der Waals surface area contributed by atoms with Gasteiger partial charge in [0.15, 0.2) is 11.5 Å². The molecule has 8 heteroatoms. The van der Waals surface area contributed by atoms with Gasteiger partial charge in [-0.05, 0) is 55.0 Å².